The van der Waals surface area contributed by atoms with Crippen LogP contribution in [0.5, 0.6) is 0 Å². The van der Waals surface area contributed by atoms with E-state index in [-0.39, 0.29) is 0 Å². The molecule has 0 amide bonds. The predicted octanol–water partition coefficient (Wildman–Crippen LogP) is 5.30. The van der Waals surface area contributed by atoms with Gasteiger partial charge in [0.25, 0.3) is 0 Å². The number of rotatable bonds is 5. The normalized spacial score (nSPS) is 21.6. The van der Waals surface area contributed by atoms with Crippen LogP contribution in [0.1, 0.15) is 67.2 Å². The van der Waals surface area contributed by atoms with Crippen LogP contribution in [-0.4, -0.2) is 6.54 Å². The topological polar surface area (TPSA) is 12.0 Å². The molecule has 0 aliphatic carbocycles. The molecule has 0 aromatic heterocycles. The maximum Gasteiger partial charge on any atom is 0.0147 e. The molecular weight excluding hydrogens is 230 g/mol. The van der Waals surface area contributed by atoms with Gasteiger partial charge in [-0.05, 0) is 55.4 Å². The molecule has 1 unspecified atom stereocenters. The van der Waals surface area contributed by atoms with Crippen molar-refractivity contribution in [2.75, 3.05) is 6.54 Å². The lowest BCUT2D eigenvalue weighted by Gasteiger charge is -2.27. The Bertz CT molecular complexity index is 334. The second-order valence-electron chi connectivity index (χ2n) is 7.25. The van der Waals surface area contributed by atoms with Gasteiger partial charge < -0.3 is 5.32 Å². The van der Waals surface area contributed by atoms with E-state index in [4.69, 9.17) is 0 Å². The van der Waals surface area contributed by atoms with Crippen LogP contribution in [0.3, 0.4) is 0 Å². The number of hydrogen-bond acceptors (Lipinski definition) is 1. The van der Waals surface area contributed by atoms with Crippen LogP contribution < -0.4 is 5.32 Å². The molecule has 0 saturated heterocycles. The van der Waals surface area contributed by atoms with Gasteiger partial charge >= 0.3 is 0 Å². The van der Waals surface area contributed by atoms with E-state index in [0.717, 1.165) is 18.4 Å². The quantitative estimate of drug-likeness (QED) is 0.710. The molecule has 0 aromatic carbocycles. The summed E-state index contributed by atoms with van der Waals surface area (Å²) in [5, 5.41) is 3.70. The summed E-state index contributed by atoms with van der Waals surface area (Å²) in [5.74, 6) is 1.55. The molecular formula is C18H33N. The first-order valence-corrected chi connectivity index (χ1v) is 7.97. The zero-order chi connectivity index (χ0) is 14.5. The van der Waals surface area contributed by atoms with E-state index in [1.807, 2.05) is 0 Å². The minimum Gasteiger partial charge on any atom is -0.388 e. The Balaban J connectivity index is 2.94. The lowest BCUT2D eigenvalue weighted by molar-refractivity contribution is 0.406. The molecule has 1 nitrogen and oxygen atoms in total. The van der Waals surface area contributed by atoms with Crippen molar-refractivity contribution in [3.8, 4) is 0 Å². The van der Waals surface area contributed by atoms with Gasteiger partial charge in [0.2, 0.25) is 0 Å². The van der Waals surface area contributed by atoms with Crippen LogP contribution in [0, 0.1) is 17.3 Å². The third-order valence-electron chi connectivity index (χ3n) is 4.13. The largest absolute Gasteiger partial charge is 0.388 e. The van der Waals surface area contributed by atoms with Crippen molar-refractivity contribution in [2.45, 2.75) is 67.2 Å². The molecule has 0 spiro atoms. The minimum atomic E-state index is 0.308. The molecule has 0 saturated carbocycles. The van der Waals surface area contributed by atoms with Gasteiger partial charge in [0.1, 0.15) is 0 Å². The molecule has 0 aromatic rings. The molecule has 1 heteroatoms. The molecule has 110 valence electrons. The highest BCUT2D eigenvalue weighted by atomic mass is 14.9. The van der Waals surface area contributed by atoms with Gasteiger partial charge in [-0.3, -0.25) is 0 Å². The first-order chi connectivity index (χ1) is 8.86. The van der Waals surface area contributed by atoms with E-state index in [1.54, 1.807) is 0 Å². The average Bonchev–Trinajstić information content (AvgIpc) is 2.40. The first-order valence-electron chi connectivity index (χ1n) is 7.97. The summed E-state index contributed by atoms with van der Waals surface area (Å²) in [6, 6.07) is 0. The SMILES string of the molecule is C/C=C\C1=C(CC(C)CC(C)C)NCCCC1(C)C. The fourth-order valence-corrected chi connectivity index (χ4v) is 3.32. The fraction of sp³-hybridized carbons (Fsp3) is 0.778. The number of allylic oxidation sites excluding steroid dienone is 4. The van der Waals surface area contributed by atoms with Crippen molar-refractivity contribution in [3.05, 3.63) is 23.4 Å². The van der Waals surface area contributed by atoms with E-state index in [0.29, 0.717) is 5.41 Å². The second kappa shape index (κ2) is 7.17. The van der Waals surface area contributed by atoms with E-state index >= 15 is 0 Å². The van der Waals surface area contributed by atoms with Crippen molar-refractivity contribution in [3.63, 3.8) is 0 Å². The summed E-state index contributed by atoms with van der Waals surface area (Å²) in [7, 11) is 0. The van der Waals surface area contributed by atoms with Crippen molar-refractivity contribution in [1.29, 1.82) is 0 Å². The van der Waals surface area contributed by atoms with E-state index in [9.17, 15) is 0 Å². The zero-order valence-electron chi connectivity index (χ0n) is 13.8. The third kappa shape index (κ3) is 5.04. The Morgan fingerprint density at radius 3 is 2.53 bits per heavy atom. The highest BCUT2D eigenvalue weighted by Crippen LogP contribution is 2.37. The lowest BCUT2D eigenvalue weighted by Crippen LogP contribution is -2.19. The van der Waals surface area contributed by atoms with Gasteiger partial charge in [0.05, 0.1) is 0 Å². The Morgan fingerprint density at radius 2 is 1.95 bits per heavy atom. The lowest BCUT2D eigenvalue weighted by atomic mass is 9.78. The van der Waals surface area contributed by atoms with Gasteiger partial charge in [-0.15, -0.1) is 0 Å². The van der Waals surface area contributed by atoms with Crippen molar-refractivity contribution in [1.82, 2.24) is 5.32 Å². The van der Waals surface area contributed by atoms with Crippen LogP contribution >= 0.6 is 0 Å². The highest BCUT2D eigenvalue weighted by molar-refractivity contribution is 5.31. The van der Waals surface area contributed by atoms with E-state index < -0.39 is 0 Å². The maximum absolute atomic E-state index is 3.70. The summed E-state index contributed by atoms with van der Waals surface area (Å²) in [5.41, 5.74) is 3.33. The average molecular weight is 263 g/mol. The number of nitrogens with one attached hydrogen (secondary N) is 1. The zero-order valence-corrected chi connectivity index (χ0v) is 13.8. The minimum absolute atomic E-state index is 0.308. The Morgan fingerprint density at radius 1 is 1.26 bits per heavy atom. The smallest absolute Gasteiger partial charge is 0.0147 e. The van der Waals surface area contributed by atoms with Gasteiger partial charge in [0.15, 0.2) is 0 Å². The molecule has 1 aliphatic rings. The molecule has 0 fully saturated rings. The summed E-state index contributed by atoms with van der Waals surface area (Å²) in [6.07, 6.45) is 9.58. The molecule has 1 rings (SSSR count). The van der Waals surface area contributed by atoms with Crippen molar-refractivity contribution >= 4 is 0 Å². The van der Waals surface area contributed by atoms with Crippen LogP contribution in [0.25, 0.3) is 0 Å². The summed E-state index contributed by atoms with van der Waals surface area (Å²) < 4.78 is 0. The summed E-state index contributed by atoms with van der Waals surface area (Å²) in [6.45, 7) is 15.1. The third-order valence-corrected chi connectivity index (χ3v) is 4.13. The summed E-state index contributed by atoms with van der Waals surface area (Å²) in [4.78, 5) is 0. The molecule has 0 bridgehead atoms. The highest BCUT2D eigenvalue weighted by Gasteiger charge is 2.27. The van der Waals surface area contributed by atoms with Gasteiger partial charge in [-0.1, -0.05) is 46.8 Å². The van der Waals surface area contributed by atoms with Crippen LogP contribution in [0.2, 0.25) is 0 Å². The Kier molecular flexibility index (Phi) is 6.16. The second-order valence-corrected chi connectivity index (χ2v) is 7.25. The van der Waals surface area contributed by atoms with Crippen LogP contribution in [0.15, 0.2) is 23.4 Å². The maximum atomic E-state index is 3.70. The van der Waals surface area contributed by atoms with Crippen LogP contribution in [0.4, 0.5) is 0 Å². The van der Waals surface area contributed by atoms with Crippen molar-refractivity contribution in [2.24, 2.45) is 17.3 Å². The monoisotopic (exact) mass is 263 g/mol. The van der Waals surface area contributed by atoms with Gasteiger partial charge in [-0.2, -0.15) is 0 Å². The Labute approximate surface area is 120 Å². The predicted molar refractivity (Wildman–Crippen MR) is 86.1 cm³/mol. The standard InChI is InChI=1S/C18H33N/c1-7-9-16-17(13-15(4)12-14(2)3)19-11-8-10-18(16,5)6/h7,9,14-15,19H,8,10-13H2,1-6H3/b9-7-. The van der Waals surface area contributed by atoms with Crippen molar-refractivity contribution < 1.29 is 0 Å². The molecule has 1 heterocycles. The van der Waals surface area contributed by atoms with E-state index in [2.05, 4.69) is 59.0 Å². The van der Waals surface area contributed by atoms with E-state index in [1.165, 1.54) is 37.0 Å². The molecule has 1 N–H and O–H groups in total. The first kappa shape index (κ1) is 16.3. The van der Waals surface area contributed by atoms with Gasteiger partial charge in [-0.25, -0.2) is 0 Å². The summed E-state index contributed by atoms with van der Waals surface area (Å²) >= 11 is 0. The molecule has 1 aliphatic heterocycles. The fourth-order valence-electron chi connectivity index (χ4n) is 3.32. The van der Waals surface area contributed by atoms with Crippen LogP contribution in [-0.2, 0) is 0 Å². The van der Waals surface area contributed by atoms with Gasteiger partial charge in [0, 0.05) is 12.2 Å². The molecule has 1 atom stereocenters. The molecule has 19 heavy (non-hydrogen) atoms. The number of hydrogen-bond donors (Lipinski definition) is 1. The molecule has 0 radical (unpaired) electrons. The Hall–Kier alpha value is -0.720.